The van der Waals surface area contributed by atoms with Crippen LogP contribution in [0, 0.1) is 17.3 Å². The molecule has 1 aromatic carbocycles. The Morgan fingerprint density at radius 3 is 2.62 bits per heavy atom. The number of nitrogens with two attached hydrogens (primary N) is 1. The summed E-state index contributed by atoms with van der Waals surface area (Å²) in [6.45, 7) is 7.26. The Bertz CT molecular complexity index is 1460. The van der Waals surface area contributed by atoms with E-state index in [0.717, 1.165) is 50.4 Å². The van der Waals surface area contributed by atoms with Crippen molar-refractivity contribution in [2.24, 2.45) is 5.41 Å². The maximum absolute atomic E-state index is 10.3. The van der Waals surface area contributed by atoms with Crippen LogP contribution in [0.4, 0.5) is 17.2 Å². The zero-order chi connectivity index (χ0) is 27.3. The predicted molar refractivity (Wildman–Crippen MR) is 157 cm³/mol. The fourth-order valence-electron chi connectivity index (χ4n) is 7.40. The molecule has 9 nitrogen and oxygen atoms in total. The van der Waals surface area contributed by atoms with Crippen molar-refractivity contribution >= 4 is 17.2 Å². The van der Waals surface area contributed by atoms with E-state index in [2.05, 4.69) is 65.8 Å². The summed E-state index contributed by atoms with van der Waals surface area (Å²) in [5.74, 6) is 7.34. The Balaban J connectivity index is 1.04. The summed E-state index contributed by atoms with van der Waals surface area (Å²) < 4.78 is 0. The first-order chi connectivity index (χ1) is 19.5. The lowest BCUT2D eigenvalue weighted by Gasteiger charge is -2.46. The molecule has 4 aliphatic heterocycles. The van der Waals surface area contributed by atoms with Gasteiger partial charge >= 0.3 is 0 Å². The minimum absolute atomic E-state index is 0.185. The molecule has 2 bridgehead atoms. The first kappa shape index (κ1) is 25.1. The molecule has 0 radical (unpaired) electrons. The summed E-state index contributed by atoms with van der Waals surface area (Å²) >= 11 is 0. The smallest absolute Gasteiger partial charge is 0.169 e. The van der Waals surface area contributed by atoms with Crippen LogP contribution in [0.25, 0.3) is 11.3 Å². The second-order valence-electron chi connectivity index (χ2n) is 12.0. The predicted octanol–water partition coefficient (Wildman–Crippen LogP) is 2.67. The molecule has 0 aliphatic carbocycles. The molecule has 0 saturated carbocycles. The van der Waals surface area contributed by atoms with Crippen LogP contribution in [0.1, 0.15) is 25.0 Å². The number of likely N-dealkylation sites (tertiary alicyclic amines) is 2. The summed E-state index contributed by atoms with van der Waals surface area (Å²) in [7, 11) is 2.21. The van der Waals surface area contributed by atoms with Crippen LogP contribution in [0.3, 0.4) is 0 Å². The molecule has 4 aliphatic rings. The number of phenolic OH excluding ortho intramolecular Hbond substituents is 1. The monoisotopic (exact) mass is 536 g/mol. The van der Waals surface area contributed by atoms with Gasteiger partial charge < -0.3 is 25.5 Å². The van der Waals surface area contributed by atoms with Crippen LogP contribution >= 0.6 is 0 Å². The normalized spacial score (nSPS) is 23.7. The lowest BCUT2D eigenvalue weighted by atomic mass is 9.79. The fourth-order valence-corrected chi connectivity index (χ4v) is 7.40. The highest BCUT2D eigenvalue weighted by Crippen LogP contribution is 2.40. The lowest BCUT2D eigenvalue weighted by Crippen LogP contribution is -2.55. The number of fused-ring (bicyclic) bond motifs is 2. The molecule has 40 heavy (non-hydrogen) atoms. The average molecular weight is 537 g/mol. The Morgan fingerprint density at radius 1 is 1.05 bits per heavy atom. The second kappa shape index (κ2) is 9.95. The van der Waals surface area contributed by atoms with Gasteiger partial charge in [-0.05, 0) is 69.1 Å². The molecule has 6 heterocycles. The highest BCUT2D eigenvalue weighted by molar-refractivity contribution is 5.74. The number of phenols is 1. The Kier molecular flexibility index (Phi) is 6.25. The number of hydrogen-bond acceptors (Lipinski definition) is 9. The van der Waals surface area contributed by atoms with E-state index >= 15 is 0 Å². The van der Waals surface area contributed by atoms with Crippen molar-refractivity contribution in [3.63, 3.8) is 0 Å². The number of rotatable bonds is 4. The number of nitrogen functional groups attached to an aromatic ring is 1. The molecular weight excluding hydrogens is 500 g/mol. The van der Waals surface area contributed by atoms with Crippen molar-refractivity contribution in [2.75, 3.05) is 68.4 Å². The Labute approximate surface area is 235 Å². The van der Waals surface area contributed by atoms with Gasteiger partial charge in [0.2, 0.25) is 0 Å². The number of aromatic hydroxyl groups is 1. The topological polar surface area (TPSA) is 97.9 Å². The number of para-hydroxylation sites is 1. The molecular formula is C31H36N8O. The fraction of sp³-hybridized carbons (Fsp3) is 0.452. The van der Waals surface area contributed by atoms with Crippen LogP contribution < -0.4 is 15.5 Å². The molecule has 2 unspecified atom stereocenters. The van der Waals surface area contributed by atoms with Crippen molar-refractivity contribution < 1.29 is 5.11 Å². The van der Waals surface area contributed by atoms with Crippen molar-refractivity contribution in [1.82, 2.24) is 25.0 Å². The van der Waals surface area contributed by atoms with Crippen LogP contribution in [0.2, 0.25) is 0 Å². The third-order valence-electron chi connectivity index (χ3n) is 9.09. The summed E-state index contributed by atoms with van der Waals surface area (Å²) in [4.78, 5) is 14.4. The number of benzene rings is 1. The second-order valence-corrected chi connectivity index (χ2v) is 12.0. The van der Waals surface area contributed by atoms with Gasteiger partial charge in [-0.15, -0.1) is 10.2 Å². The molecule has 0 amide bonds. The third-order valence-corrected chi connectivity index (χ3v) is 9.09. The van der Waals surface area contributed by atoms with Gasteiger partial charge in [0, 0.05) is 67.7 Å². The SMILES string of the molecule is CN1CC2(CCN(CC#Cc3cc(N4C5CCC4CN(c4cc(-c6ccccc6O)nnc4N)C5)ccn3)C2)C1. The average Bonchev–Trinajstić information content (AvgIpc) is 3.47. The van der Waals surface area contributed by atoms with E-state index in [1.165, 1.54) is 31.7 Å². The quantitative estimate of drug-likeness (QED) is 0.488. The summed E-state index contributed by atoms with van der Waals surface area (Å²) in [6.07, 6.45) is 5.44. The minimum atomic E-state index is 0.185. The van der Waals surface area contributed by atoms with E-state index in [1.807, 2.05) is 24.4 Å². The van der Waals surface area contributed by atoms with Gasteiger partial charge in [-0.1, -0.05) is 18.1 Å². The van der Waals surface area contributed by atoms with Crippen LogP contribution in [-0.2, 0) is 0 Å². The molecule has 206 valence electrons. The number of piperazine rings is 1. The van der Waals surface area contributed by atoms with Crippen LogP contribution in [-0.4, -0.2) is 95.0 Å². The number of nitrogens with zero attached hydrogens (tertiary/aromatic N) is 7. The number of anilines is 3. The highest BCUT2D eigenvalue weighted by atomic mass is 16.3. The maximum Gasteiger partial charge on any atom is 0.169 e. The zero-order valence-electron chi connectivity index (χ0n) is 23.0. The van der Waals surface area contributed by atoms with Crippen LogP contribution in [0.5, 0.6) is 5.75 Å². The lowest BCUT2D eigenvalue weighted by molar-refractivity contribution is 0.0319. The highest BCUT2D eigenvalue weighted by Gasteiger charge is 2.45. The van der Waals surface area contributed by atoms with E-state index in [-0.39, 0.29) is 5.75 Å². The number of pyridine rings is 1. The largest absolute Gasteiger partial charge is 0.507 e. The van der Waals surface area contributed by atoms with Gasteiger partial charge in [0.1, 0.15) is 11.4 Å². The van der Waals surface area contributed by atoms with Crippen molar-refractivity contribution in [2.45, 2.75) is 31.3 Å². The molecule has 3 aromatic rings. The van der Waals surface area contributed by atoms with E-state index < -0.39 is 0 Å². The number of hydrogen-bond donors (Lipinski definition) is 2. The summed E-state index contributed by atoms with van der Waals surface area (Å²) in [6, 6.07) is 14.1. The molecule has 4 fully saturated rings. The van der Waals surface area contributed by atoms with Gasteiger partial charge in [-0.2, -0.15) is 0 Å². The standard InChI is InChI=1S/C31H36N8O/c1-36-19-31(20-36)11-14-37(21-31)13-4-5-22-15-23(10-12-33-22)39-24-8-9-25(39)18-38(17-24)28-16-27(34-35-30(28)32)26-6-2-3-7-29(26)40/h2-3,6-7,10,12,15-16,24-25,40H,8-9,11,13-14,17-21H2,1H3,(H2,32,35). The first-order valence-electron chi connectivity index (χ1n) is 14.3. The van der Waals surface area contributed by atoms with Gasteiger partial charge in [0.15, 0.2) is 5.82 Å². The van der Waals surface area contributed by atoms with E-state index in [9.17, 15) is 5.11 Å². The van der Waals surface area contributed by atoms with Crippen molar-refractivity contribution in [3.8, 4) is 28.8 Å². The van der Waals surface area contributed by atoms with Gasteiger partial charge in [-0.25, -0.2) is 4.98 Å². The van der Waals surface area contributed by atoms with Crippen molar-refractivity contribution in [3.05, 3.63) is 54.4 Å². The third kappa shape index (κ3) is 4.61. The van der Waals surface area contributed by atoms with Gasteiger partial charge in [-0.3, -0.25) is 4.90 Å². The number of aromatic nitrogens is 3. The molecule has 2 atom stereocenters. The Morgan fingerprint density at radius 2 is 1.85 bits per heavy atom. The molecule has 2 aromatic heterocycles. The Hall–Kier alpha value is -3.87. The molecule has 3 N–H and O–H groups in total. The summed E-state index contributed by atoms with van der Waals surface area (Å²) in [5, 5.41) is 18.8. The summed E-state index contributed by atoms with van der Waals surface area (Å²) in [5.41, 5.74) is 11.0. The van der Waals surface area contributed by atoms with E-state index in [4.69, 9.17) is 5.73 Å². The van der Waals surface area contributed by atoms with Crippen molar-refractivity contribution in [1.29, 1.82) is 0 Å². The van der Waals surface area contributed by atoms with E-state index in [1.54, 1.807) is 12.1 Å². The van der Waals surface area contributed by atoms with Crippen LogP contribution in [0.15, 0.2) is 48.7 Å². The molecule has 9 heteroatoms. The molecule has 7 rings (SSSR count). The molecule has 1 spiro atoms. The zero-order valence-corrected chi connectivity index (χ0v) is 23.0. The molecule has 4 saturated heterocycles. The van der Waals surface area contributed by atoms with Gasteiger partial charge in [0.25, 0.3) is 0 Å². The minimum Gasteiger partial charge on any atom is -0.507 e. The maximum atomic E-state index is 10.3. The van der Waals surface area contributed by atoms with E-state index in [0.29, 0.717) is 34.6 Å². The first-order valence-corrected chi connectivity index (χ1v) is 14.3. The van der Waals surface area contributed by atoms with Gasteiger partial charge in [0.05, 0.1) is 17.9 Å².